The smallest absolute Gasteiger partial charge is 0.394 e. The van der Waals surface area contributed by atoms with Gasteiger partial charge in [-0.2, -0.15) is 0 Å². The number of likely N-dealkylation sites (N-methyl/N-ethyl adjacent to an activating group) is 1. The van der Waals surface area contributed by atoms with Gasteiger partial charge in [-0.05, 0) is 27.9 Å². The minimum absolute atomic E-state index is 0.00155. The summed E-state index contributed by atoms with van der Waals surface area (Å²) < 4.78 is 39.4. The van der Waals surface area contributed by atoms with Gasteiger partial charge in [-0.1, -0.05) is 0 Å². The highest BCUT2D eigenvalue weighted by atomic mass is 31.2. The molecule has 0 radical (unpaired) electrons. The Labute approximate surface area is 239 Å². The predicted molar refractivity (Wildman–Crippen MR) is 147 cm³/mol. The molecule has 4 rings (SSSR count). The van der Waals surface area contributed by atoms with Crippen molar-refractivity contribution >= 4 is 7.75 Å². The van der Waals surface area contributed by atoms with Crippen LogP contribution in [0.4, 0.5) is 0 Å². The number of hydrogen-bond acceptors (Lipinski definition) is 12. The second-order valence-corrected chi connectivity index (χ2v) is 12.4. The first kappa shape index (κ1) is 32.2. The number of nitrogens with zero attached hydrogens (tertiary/aromatic N) is 3. The van der Waals surface area contributed by atoms with E-state index in [2.05, 4.69) is 15.1 Å². The van der Waals surface area contributed by atoms with Crippen LogP contribution in [0.5, 0.6) is 0 Å². The number of aliphatic hydroxyl groups excluding tert-OH is 2. The van der Waals surface area contributed by atoms with Crippen LogP contribution in [0.25, 0.3) is 0 Å². The third-order valence-corrected chi connectivity index (χ3v) is 8.67. The molecule has 2 aliphatic rings. The Balaban J connectivity index is 1.48. The third kappa shape index (κ3) is 7.42. The topological polar surface area (TPSA) is 219 Å². The molecule has 2 fully saturated rings. The van der Waals surface area contributed by atoms with E-state index in [1.807, 2.05) is 19.0 Å². The van der Waals surface area contributed by atoms with Gasteiger partial charge >= 0.3 is 19.1 Å². The summed E-state index contributed by atoms with van der Waals surface area (Å²) >= 11 is 0. The molecule has 0 aromatic carbocycles. The normalized spacial score (nSPS) is 27.5. The molecule has 3 unspecified atom stereocenters. The van der Waals surface area contributed by atoms with Crippen molar-refractivity contribution in [3.05, 3.63) is 65.2 Å². The lowest BCUT2D eigenvalue weighted by molar-refractivity contribution is -0.0533. The number of nitrogens with one attached hydrogen (secondary N) is 3. The van der Waals surface area contributed by atoms with Gasteiger partial charge in [0.1, 0.15) is 30.8 Å². The quantitative estimate of drug-likeness (QED) is 0.168. The Kier molecular flexibility index (Phi) is 10.2. The van der Waals surface area contributed by atoms with Crippen LogP contribution in [0, 0.1) is 13.8 Å². The SMILES string of the molecule is Cc1cn([C@H]2C[C@@H](O)C(COP(=O)(NCCN(C)C)O[C@@H]3C[C@H](n4cc(C)c(=O)[nH]c4=O)OC3CO)O2)c(=O)[nH]c1=O. The monoisotopic (exact) mass is 616 g/mol. The molecule has 0 aliphatic carbocycles. The van der Waals surface area contributed by atoms with Crippen molar-refractivity contribution < 1.29 is 33.3 Å². The van der Waals surface area contributed by atoms with Crippen molar-refractivity contribution in [2.75, 3.05) is 40.4 Å². The van der Waals surface area contributed by atoms with E-state index in [0.717, 1.165) is 9.13 Å². The van der Waals surface area contributed by atoms with Crippen molar-refractivity contribution in [2.45, 2.75) is 63.6 Å². The van der Waals surface area contributed by atoms with Crippen LogP contribution in [-0.2, 0) is 23.1 Å². The lowest BCUT2D eigenvalue weighted by Crippen LogP contribution is -2.34. The molecule has 5 N–H and O–H groups in total. The zero-order chi connectivity index (χ0) is 30.8. The number of aromatic amines is 2. The number of ether oxygens (including phenoxy) is 2. The lowest BCUT2D eigenvalue weighted by atomic mass is 10.2. The van der Waals surface area contributed by atoms with Gasteiger partial charge in [0.05, 0.1) is 19.3 Å². The summed E-state index contributed by atoms with van der Waals surface area (Å²) in [7, 11) is -0.501. The van der Waals surface area contributed by atoms with Crippen molar-refractivity contribution in [1.82, 2.24) is 29.1 Å². The molecular weight excluding hydrogens is 579 g/mol. The van der Waals surface area contributed by atoms with Crippen molar-refractivity contribution in [2.24, 2.45) is 0 Å². The van der Waals surface area contributed by atoms with Crippen LogP contribution in [-0.4, -0.2) is 99.0 Å². The van der Waals surface area contributed by atoms with E-state index in [9.17, 15) is 34.0 Å². The van der Waals surface area contributed by atoms with Gasteiger partial charge in [-0.25, -0.2) is 19.2 Å². The molecule has 234 valence electrons. The van der Waals surface area contributed by atoms with Gasteiger partial charge in [0.25, 0.3) is 11.1 Å². The van der Waals surface area contributed by atoms with Crippen LogP contribution >= 0.6 is 7.75 Å². The van der Waals surface area contributed by atoms with Crippen LogP contribution in [0.2, 0.25) is 0 Å². The zero-order valence-corrected chi connectivity index (χ0v) is 24.6. The van der Waals surface area contributed by atoms with Gasteiger partial charge in [0, 0.05) is 49.5 Å². The fraction of sp³-hybridized carbons (Fsp3) is 0.667. The van der Waals surface area contributed by atoms with Crippen LogP contribution in [0.3, 0.4) is 0 Å². The van der Waals surface area contributed by atoms with E-state index in [-0.39, 0.29) is 37.1 Å². The summed E-state index contributed by atoms with van der Waals surface area (Å²) in [5.41, 5.74) is -1.93. The predicted octanol–water partition coefficient (Wildman–Crippen LogP) is -1.71. The number of aryl methyl sites for hydroxylation is 2. The van der Waals surface area contributed by atoms with Gasteiger partial charge in [0.2, 0.25) is 0 Å². The van der Waals surface area contributed by atoms with Crippen molar-refractivity contribution in [3.63, 3.8) is 0 Å². The second-order valence-electron chi connectivity index (χ2n) is 10.6. The van der Waals surface area contributed by atoms with E-state index < -0.39 is 73.7 Å². The maximum Gasteiger partial charge on any atom is 0.406 e. The van der Waals surface area contributed by atoms with Gasteiger partial charge in [-0.15, -0.1) is 0 Å². The molecule has 2 saturated heterocycles. The summed E-state index contributed by atoms with van der Waals surface area (Å²) in [5.74, 6) is 0. The molecule has 0 amide bonds. The van der Waals surface area contributed by atoms with E-state index in [0.29, 0.717) is 6.54 Å². The number of hydrogen-bond donors (Lipinski definition) is 5. The number of rotatable bonds is 12. The van der Waals surface area contributed by atoms with Crippen LogP contribution in [0.1, 0.15) is 36.4 Å². The molecule has 7 atom stereocenters. The number of H-pyrrole nitrogens is 2. The summed E-state index contributed by atoms with van der Waals surface area (Å²) in [6.07, 6.45) is -3.20. The first-order valence-corrected chi connectivity index (χ1v) is 14.9. The van der Waals surface area contributed by atoms with E-state index in [1.54, 1.807) is 0 Å². The molecule has 0 spiro atoms. The Bertz CT molecular complexity index is 1530. The minimum Gasteiger partial charge on any atom is -0.394 e. The molecule has 2 aliphatic heterocycles. The van der Waals surface area contributed by atoms with Crippen LogP contribution in [0.15, 0.2) is 31.6 Å². The van der Waals surface area contributed by atoms with E-state index in [4.69, 9.17) is 18.5 Å². The summed E-state index contributed by atoms with van der Waals surface area (Å²) in [5, 5.41) is 23.3. The highest BCUT2D eigenvalue weighted by Gasteiger charge is 2.43. The molecule has 4 heterocycles. The van der Waals surface area contributed by atoms with Gasteiger partial charge in [-0.3, -0.25) is 37.7 Å². The third-order valence-electron chi connectivity index (χ3n) is 7.02. The molecule has 2 aromatic rings. The first-order valence-electron chi connectivity index (χ1n) is 13.4. The minimum atomic E-state index is -4.14. The maximum absolute atomic E-state index is 13.9. The Morgan fingerprint density at radius 3 is 2.10 bits per heavy atom. The highest BCUT2D eigenvalue weighted by Crippen LogP contribution is 2.49. The molecular formula is C24H37N6O11P. The first-order chi connectivity index (χ1) is 19.8. The molecule has 2 aromatic heterocycles. The Morgan fingerprint density at radius 2 is 1.55 bits per heavy atom. The Hall–Kier alpha value is -2.73. The standard InChI is InChI=1S/C24H37N6O11P/c1-13-9-29(23(35)26-21(13)33)19-7-15(32)18(40-19)12-38-42(37,25-5-6-28(3)4)41-16-8-20(39-17(16)11-31)30-10-14(2)22(34)27-24(30)36/h9-10,15-20,31-32H,5-8,11-12H2,1-4H3,(H,25,37)(H,26,33,35)(H,27,34,36)/t15-,16-,17?,18?,19-,20-,42?/m1/s1. The fourth-order valence-corrected chi connectivity index (χ4v) is 6.18. The van der Waals surface area contributed by atoms with Crippen molar-refractivity contribution in [3.8, 4) is 0 Å². The van der Waals surface area contributed by atoms with Gasteiger partial charge in [0.15, 0.2) is 0 Å². The number of aromatic nitrogens is 4. The van der Waals surface area contributed by atoms with E-state index in [1.165, 1.54) is 26.2 Å². The molecule has 18 heteroatoms. The highest BCUT2D eigenvalue weighted by molar-refractivity contribution is 7.51. The molecule has 0 saturated carbocycles. The van der Waals surface area contributed by atoms with Crippen LogP contribution < -0.4 is 27.6 Å². The van der Waals surface area contributed by atoms with E-state index >= 15 is 0 Å². The average Bonchev–Trinajstić information content (AvgIpc) is 3.49. The summed E-state index contributed by atoms with van der Waals surface area (Å²) in [6.45, 7) is 2.80. The maximum atomic E-state index is 13.9. The summed E-state index contributed by atoms with van der Waals surface area (Å²) in [4.78, 5) is 54.4. The lowest BCUT2D eigenvalue weighted by Gasteiger charge is -2.26. The Morgan fingerprint density at radius 1 is 1.00 bits per heavy atom. The molecule has 0 bridgehead atoms. The zero-order valence-electron chi connectivity index (χ0n) is 23.7. The molecule has 17 nitrogen and oxygen atoms in total. The molecule has 42 heavy (non-hydrogen) atoms. The van der Waals surface area contributed by atoms with Crippen molar-refractivity contribution in [1.29, 1.82) is 0 Å². The average molecular weight is 617 g/mol. The number of aliphatic hydroxyl groups is 2. The van der Waals surface area contributed by atoms with Gasteiger partial charge < -0.3 is 24.6 Å². The fourth-order valence-electron chi connectivity index (χ4n) is 4.66. The summed E-state index contributed by atoms with van der Waals surface area (Å²) in [6, 6.07) is 0. The largest absolute Gasteiger partial charge is 0.406 e. The second kappa shape index (κ2) is 13.3.